The number of unbranched alkanes of at least 4 members (excludes halogenated alkanes) is 2. The van der Waals surface area contributed by atoms with Crippen molar-refractivity contribution in [3.8, 4) is 0 Å². The van der Waals surface area contributed by atoms with Crippen LogP contribution in [-0.4, -0.2) is 45.8 Å². The van der Waals surface area contributed by atoms with Gasteiger partial charge in [-0.2, -0.15) is 13.3 Å². The summed E-state index contributed by atoms with van der Waals surface area (Å²) in [7, 11) is 0. The average molecular weight is 565 g/mol. The second-order valence-corrected chi connectivity index (χ2v) is 5.84. The van der Waals surface area contributed by atoms with Crippen LogP contribution in [0.2, 0.25) is 0 Å². The predicted molar refractivity (Wildman–Crippen MR) is 97.1 cm³/mol. The van der Waals surface area contributed by atoms with E-state index < -0.39 is 0 Å². The van der Waals surface area contributed by atoms with Crippen molar-refractivity contribution in [1.29, 1.82) is 0 Å². The Hall–Kier alpha value is -0.152. The van der Waals surface area contributed by atoms with Crippen LogP contribution in [0, 0.1) is 13.3 Å². The SMILES string of the molecule is CCCCN1C=CN(CCCN2C=CN(CCCC)[CH-]2)[CH-]1.[Br][Pt]. The second kappa shape index (κ2) is 13.2. The summed E-state index contributed by atoms with van der Waals surface area (Å²) in [4.78, 5) is 9.17. The van der Waals surface area contributed by atoms with Gasteiger partial charge in [0.2, 0.25) is 0 Å². The molecular weight excluding hydrogens is 535 g/mol. The Labute approximate surface area is 160 Å². The van der Waals surface area contributed by atoms with Gasteiger partial charge in [0.1, 0.15) is 0 Å². The van der Waals surface area contributed by atoms with Gasteiger partial charge in [0.15, 0.2) is 0 Å². The molecule has 0 amide bonds. The molecule has 0 radical (unpaired) electrons. The van der Waals surface area contributed by atoms with Crippen molar-refractivity contribution in [3.05, 3.63) is 38.1 Å². The molecule has 0 bridgehead atoms. The van der Waals surface area contributed by atoms with Crippen molar-refractivity contribution in [2.24, 2.45) is 0 Å². The molecule has 2 aliphatic heterocycles. The first kappa shape index (κ1) is 20.9. The van der Waals surface area contributed by atoms with Gasteiger partial charge in [-0.3, -0.25) is 0 Å². The maximum absolute atomic E-state index is 2.91. The van der Waals surface area contributed by atoms with Crippen LogP contribution in [0.15, 0.2) is 24.8 Å². The van der Waals surface area contributed by atoms with E-state index in [4.69, 9.17) is 0 Å². The van der Waals surface area contributed by atoms with E-state index in [0.717, 1.165) is 26.2 Å². The topological polar surface area (TPSA) is 13.0 Å². The number of hydrogen-bond donors (Lipinski definition) is 0. The first-order valence-electron chi connectivity index (χ1n) is 8.53. The number of rotatable bonds is 10. The van der Waals surface area contributed by atoms with Crippen molar-refractivity contribution in [1.82, 2.24) is 19.6 Å². The van der Waals surface area contributed by atoms with Crippen LogP contribution >= 0.6 is 13.3 Å². The molecule has 0 saturated heterocycles. The molecule has 0 aromatic carbocycles. The summed E-state index contributed by atoms with van der Waals surface area (Å²) < 4.78 is 0. The molecule has 2 rings (SSSR count). The molecule has 137 valence electrons. The molecule has 0 aromatic heterocycles. The van der Waals surface area contributed by atoms with E-state index in [1.165, 1.54) is 32.1 Å². The average Bonchev–Trinajstić information content (AvgIpc) is 3.22. The zero-order valence-electron chi connectivity index (χ0n) is 14.3. The number of hydrogen-bond acceptors (Lipinski definition) is 4. The Morgan fingerprint density at radius 3 is 1.26 bits per heavy atom. The zero-order valence-corrected chi connectivity index (χ0v) is 18.2. The normalized spacial score (nSPS) is 16.4. The Kier molecular flexibility index (Phi) is 12.0. The third kappa shape index (κ3) is 8.49. The van der Waals surface area contributed by atoms with E-state index in [0.29, 0.717) is 0 Å². The fourth-order valence-electron chi connectivity index (χ4n) is 2.52. The van der Waals surface area contributed by atoms with Crippen LogP contribution in [0.1, 0.15) is 46.0 Å². The predicted octanol–water partition coefficient (Wildman–Crippen LogP) is 4.24. The number of nitrogens with zero attached hydrogens (tertiary/aromatic N) is 4. The van der Waals surface area contributed by atoms with Gasteiger partial charge in [0.25, 0.3) is 0 Å². The van der Waals surface area contributed by atoms with E-state index >= 15 is 0 Å². The van der Waals surface area contributed by atoms with Gasteiger partial charge in [-0.25, -0.2) is 0 Å². The van der Waals surface area contributed by atoms with Gasteiger partial charge in [-0.1, -0.05) is 26.7 Å². The van der Waals surface area contributed by atoms with Crippen LogP contribution in [-0.2, 0) is 17.8 Å². The minimum atomic E-state index is 1.09. The summed E-state index contributed by atoms with van der Waals surface area (Å²) in [6.45, 7) is 13.4. The first-order valence-corrected chi connectivity index (χ1v) is 13.5. The summed E-state index contributed by atoms with van der Waals surface area (Å²) in [5.74, 6) is 0. The fourth-order valence-corrected chi connectivity index (χ4v) is 2.52. The Morgan fingerprint density at radius 2 is 0.957 bits per heavy atom. The minimum absolute atomic E-state index is 1.09. The molecule has 0 atom stereocenters. The summed E-state index contributed by atoms with van der Waals surface area (Å²) in [6.07, 6.45) is 14.9. The van der Waals surface area contributed by atoms with Crippen molar-refractivity contribution >= 4 is 13.3 Å². The van der Waals surface area contributed by atoms with Crippen molar-refractivity contribution in [2.45, 2.75) is 46.0 Å². The standard InChI is InChI=1S/C17H30N4.BrH.Pt/c1-3-5-8-18-12-14-20(16-18)10-7-11-21-15-13-19(17-21)9-6-4-2;;/h12-17H,3-11H2,1-2H3;1H;/q-2;;+1/p-1. The van der Waals surface area contributed by atoms with Crippen molar-refractivity contribution in [3.63, 3.8) is 0 Å². The Bertz CT molecular complexity index is 319. The molecule has 0 spiro atoms. The molecule has 0 saturated carbocycles. The van der Waals surface area contributed by atoms with E-state index in [1.54, 1.807) is 0 Å². The molecule has 0 aliphatic carbocycles. The fraction of sp³-hybridized carbons (Fsp3) is 0.647. The summed E-state index contributed by atoms with van der Waals surface area (Å²) in [5, 5.41) is 0. The molecule has 2 heterocycles. The van der Waals surface area contributed by atoms with Crippen LogP contribution in [0.4, 0.5) is 0 Å². The molecule has 6 heteroatoms. The van der Waals surface area contributed by atoms with Crippen molar-refractivity contribution < 1.29 is 17.8 Å². The van der Waals surface area contributed by atoms with Gasteiger partial charge in [0, 0.05) is 0 Å². The van der Waals surface area contributed by atoms with Gasteiger partial charge in [-0.05, 0) is 70.2 Å². The molecular formula is C17H30BrN4Pt-2. The maximum atomic E-state index is 2.91. The first-order chi connectivity index (χ1) is 11.3. The van der Waals surface area contributed by atoms with E-state index in [1.807, 2.05) is 17.8 Å². The molecule has 2 aliphatic rings. The quantitative estimate of drug-likeness (QED) is 0.368. The third-order valence-electron chi connectivity index (χ3n) is 3.86. The summed E-state index contributed by atoms with van der Waals surface area (Å²) in [6, 6.07) is 0. The van der Waals surface area contributed by atoms with E-state index in [-0.39, 0.29) is 0 Å². The van der Waals surface area contributed by atoms with E-state index in [9.17, 15) is 0 Å². The number of halogens is 1. The molecule has 0 aromatic rings. The van der Waals surface area contributed by atoms with E-state index in [2.05, 4.69) is 84.9 Å². The molecule has 0 unspecified atom stereocenters. The summed E-state index contributed by atoms with van der Waals surface area (Å²) in [5.41, 5.74) is 0. The molecule has 0 N–H and O–H groups in total. The van der Waals surface area contributed by atoms with Crippen LogP contribution in [0.3, 0.4) is 0 Å². The van der Waals surface area contributed by atoms with Crippen molar-refractivity contribution in [2.75, 3.05) is 26.2 Å². The van der Waals surface area contributed by atoms with Gasteiger partial charge < -0.3 is 19.6 Å². The monoisotopic (exact) mass is 564 g/mol. The Morgan fingerprint density at radius 1 is 0.652 bits per heavy atom. The third-order valence-corrected chi connectivity index (χ3v) is 3.86. The van der Waals surface area contributed by atoms with Crippen LogP contribution in [0.25, 0.3) is 0 Å². The van der Waals surface area contributed by atoms with Gasteiger partial charge in [-0.15, -0.1) is 0 Å². The molecule has 4 nitrogen and oxygen atoms in total. The second-order valence-electron chi connectivity index (χ2n) is 5.84. The van der Waals surface area contributed by atoms with Gasteiger partial charge >= 0.3 is 31.1 Å². The van der Waals surface area contributed by atoms with Crippen LogP contribution < -0.4 is 0 Å². The van der Waals surface area contributed by atoms with Gasteiger partial charge in [0.05, 0.1) is 0 Å². The summed E-state index contributed by atoms with van der Waals surface area (Å²) >= 11 is 4.86. The molecule has 23 heavy (non-hydrogen) atoms. The van der Waals surface area contributed by atoms with Crippen LogP contribution in [0.5, 0.6) is 0 Å². The Balaban J connectivity index is 0.00000127. The molecule has 0 fully saturated rings. The zero-order chi connectivity index (χ0) is 16.9.